The third-order valence-corrected chi connectivity index (χ3v) is 2.67. The van der Waals surface area contributed by atoms with Crippen LogP contribution in [0.4, 0.5) is 5.69 Å². The average Bonchev–Trinajstić information content (AvgIpc) is 2.83. The minimum absolute atomic E-state index is 0.226. The fraction of sp³-hybridized carbons (Fsp3) is 0.333. The quantitative estimate of drug-likeness (QED) is 0.815. The molecule has 0 aliphatic carbocycles. The first-order chi connectivity index (χ1) is 8.18. The fourth-order valence-electron chi connectivity index (χ4n) is 1.80. The highest BCUT2D eigenvalue weighted by Crippen LogP contribution is 2.18. The number of carbonyl (C=O) groups is 2. The van der Waals surface area contributed by atoms with Gasteiger partial charge >= 0.3 is 0 Å². The Morgan fingerprint density at radius 3 is 2.76 bits per heavy atom. The van der Waals surface area contributed by atoms with Crippen LogP contribution in [0.3, 0.4) is 0 Å². The number of amides is 2. The molecule has 3 N–H and O–H groups in total. The Kier molecular flexibility index (Phi) is 3.39. The summed E-state index contributed by atoms with van der Waals surface area (Å²) >= 11 is 0. The van der Waals surface area contributed by atoms with Crippen molar-refractivity contribution in [3.63, 3.8) is 0 Å². The van der Waals surface area contributed by atoms with Crippen LogP contribution in [-0.2, 0) is 9.53 Å². The van der Waals surface area contributed by atoms with Crippen molar-refractivity contribution < 1.29 is 14.3 Å². The summed E-state index contributed by atoms with van der Waals surface area (Å²) in [5.41, 5.74) is 5.96. The number of hydrogen-bond donors (Lipinski definition) is 2. The second-order valence-corrected chi connectivity index (χ2v) is 3.90. The Hall–Kier alpha value is -1.88. The minimum atomic E-state index is -0.562. The summed E-state index contributed by atoms with van der Waals surface area (Å²) in [5, 5.41) is 2.67. The van der Waals surface area contributed by atoms with Gasteiger partial charge in [-0.1, -0.05) is 12.1 Å². The van der Waals surface area contributed by atoms with E-state index in [-0.39, 0.29) is 5.91 Å². The SMILES string of the molecule is NC(=O)c1ccccc1NC(=O)[C@@H]1CCCO1. The molecule has 0 bridgehead atoms. The minimum Gasteiger partial charge on any atom is -0.368 e. The van der Waals surface area contributed by atoms with E-state index in [9.17, 15) is 9.59 Å². The van der Waals surface area contributed by atoms with E-state index in [4.69, 9.17) is 10.5 Å². The van der Waals surface area contributed by atoms with Crippen molar-refractivity contribution in [2.45, 2.75) is 18.9 Å². The van der Waals surface area contributed by atoms with Gasteiger partial charge in [0.05, 0.1) is 11.3 Å². The molecule has 1 fully saturated rings. The zero-order chi connectivity index (χ0) is 12.3. The number of nitrogens with one attached hydrogen (secondary N) is 1. The van der Waals surface area contributed by atoms with Crippen molar-refractivity contribution in [2.24, 2.45) is 5.73 Å². The van der Waals surface area contributed by atoms with Crippen molar-refractivity contribution in [3.05, 3.63) is 29.8 Å². The molecule has 90 valence electrons. The van der Waals surface area contributed by atoms with Crippen LogP contribution in [0.15, 0.2) is 24.3 Å². The summed E-state index contributed by atoms with van der Waals surface area (Å²) in [6.45, 7) is 0.607. The molecule has 0 aromatic heterocycles. The number of rotatable bonds is 3. The van der Waals surface area contributed by atoms with E-state index in [0.29, 0.717) is 24.3 Å². The maximum absolute atomic E-state index is 11.8. The van der Waals surface area contributed by atoms with Crippen molar-refractivity contribution in [3.8, 4) is 0 Å². The fourth-order valence-corrected chi connectivity index (χ4v) is 1.80. The van der Waals surface area contributed by atoms with Gasteiger partial charge in [-0.2, -0.15) is 0 Å². The Labute approximate surface area is 98.9 Å². The number of primary amides is 1. The maximum atomic E-state index is 11.8. The molecule has 1 atom stereocenters. The highest BCUT2D eigenvalue weighted by atomic mass is 16.5. The Morgan fingerprint density at radius 1 is 1.35 bits per heavy atom. The Bertz CT molecular complexity index is 439. The standard InChI is InChI=1S/C12H14N2O3/c13-11(15)8-4-1-2-5-9(8)14-12(16)10-6-3-7-17-10/h1-2,4-5,10H,3,6-7H2,(H2,13,15)(H,14,16)/t10-/m0/s1. The highest BCUT2D eigenvalue weighted by Gasteiger charge is 2.24. The number of para-hydroxylation sites is 1. The summed E-state index contributed by atoms with van der Waals surface area (Å²) < 4.78 is 5.26. The van der Waals surface area contributed by atoms with Crippen molar-refractivity contribution >= 4 is 17.5 Å². The summed E-state index contributed by atoms with van der Waals surface area (Å²) in [5.74, 6) is -0.788. The summed E-state index contributed by atoms with van der Waals surface area (Å²) in [7, 11) is 0. The predicted octanol–water partition coefficient (Wildman–Crippen LogP) is 0.903. The molecule has 0 spiro atoms. The topological polar surface area (TPSA) is 81.4 Å². The van der Waals surface area contributed by atoms with Gasteiger partial charge in [-0.3, -0.25) is 9.59 Å². The van der Waals surface area contributed by atoms with E-state index in [2.05, 4.69) is 5.32 Å². The maximum Gasteiger partial charge on any atom is 0.253 e. The first-order valence-electron chi connectivity index (χ1n) is 5.50. The van der Waals surface area contributed by atoms with Gasteiger partial charge in [-0.05, 0) is 25.0 Å². The third kappa shape index (κ3) is 2.62. The van der Waals surface area contributed by atoms with Gasteiger partial charge in [-0.25, -0.2) is 0 Å². The molecule has 1 aliphatic rings. The van der Waals surface area contributed by atoms with Crippen LogP contribution in [-0.4, -0.2) is 24.5 Å². The van der Waals surface area contributed by atoms with Crippen LogP contribution >= 0.6 is 0 Å². The van der Waals surface area contributed by atoms with Gasteiger partial charge in [-0.15, -0.1) is 0 Å². The van der Waals surface area contributed by atoms with E-state index < -0.39 is 12.0 Å². The Morgan fingerprint density at radius 2 is 2.12 bits per heavy atom. The molecule has 1 heterocycles. The molecular weight excluding hydrogens is 220 g/mol. The third-order valence-electron chi connectivity index (χ3n) is 2.67. The van der Waals surface area contributed by atoms with Crippen molar-refractivity contribution in [1.29, 1.82) is 0 Å². The van der Waals surface area contributed by atoms with Gasteiger partial charge in [0, 0.05) is 6.61 Å². The molecule has 0 unspecified atom stereocenters. The number of nitrogens with two attached hydrogens (primary N) is 1. The lowest BCUT2D eigenvalue weighted by Gasteiger charge is -2.12. The van der Waals surface area contributed by atoms with Gasteiger partial charge in [0.2, 0.25) is 0 Å². The molecule has 2 amide bonds. The highest BCUT2D eigenvalue weighted by molar-refractivity contribution is 6.03. The van der Waals surface area contributed by atoms with Gasteiger partial charge in [0.15, 0.2) is 0 Å². The molecule has 5 heteroatoms. The largest absolute Gasteiger partial charge is 0.368 e. The number of hydrogen-bond acceptors (Lipinski definition) is 3. The second kappa shape index (κ2) is 4.97. The molecule has 1 saturated heterocycles. The first kappa shape index (κ1) is 11.6. The van der Waals surface area contributed by atoms with Crippen LogP contribution in [0.25, 0.3) is 0 Å². The molecular formula is C12H14N2O3. The summed E-state index contributed by atoms with van der Waals surface area (Å²) in [6.07, 6.45) is 1.18. The zero-order valence-corrected chi connectivity index (χ0v) is 9.31. The monoisotopic (exact) mass is 234 g/mol. The molecule has 1 aromatic carbocycles. The number of carbonyl (C=O) groups excluding carboxylic acids is 2. The van der Waals surface area contributed by atoms with Gasteiger partial charge < -0.3 is 15.8 Å². The lowest BCUT2D eigenvalue weighted by molar-refractivity contribution is -0.124. The molecule has 0 saturated carbocycles. The van der Waals surface area contributed by atoms with Crippen LogP contribution in [0.2, 0.25) is 0 Å². The van der Waals surface area contributed by atoms with E-state index in [0.717, 1.165) is 6.42 Å². The smallest absolute Gasteiger partial charge is 0.253 e. The van der Waals surface area contributed by atoms with E-state index in [1.54, 1.807) is 24.3 Å². The summed E-state index contributed by atoms with van der Waals surface area (Å²) in [6, 6.07) is 6.65. The second-order valence-electron chi connectivity index (χ2n) is 3.90. The van der Waals surface area contributed by atoms with Gasteiger partial charge in [0.25, 0.3) is 11.8 Å². The van der Waals surface area contributed by atoms with Crippen LogP contribution in [0.1, 0.15) is 23.2 Å². The average molecular weight is 234 g/mol. The molecule has 2 rings (SSSR count). The van der Waals surface area contributed by atoms with Crippen LogP contribution in [0, 0.1) is 0 Å². The van der Waals surface area contributed by atoms with E-state index in [1.165, 1.54) is 0 Å². The molecule has 1 aromatic rings. The van der Waals surface area contributed by atoms with E-state index in [1.807, 2.05) is 0 Å². The van der Waals surface area contributed by atoms with Crippen molar-refractivity contribution in [1.82, 2.24) is 0 Å². The van der Waals surface area contributed by atoms with Crippen LogP contribution in [0.5, 0.6) is 0 Å². The molecule has 1 aliphatic heterocycles. The molecule has 5 nitrogen and oxygen atoms in total. The van der Waals surface area contributed by atoms with Gasteiger partial charge in [0.1, 0.15) is 6.10 Å². The normalized spacial score (nSPS) is 18.9. The predicted molar refractivity (Wildman–Crippen MR) is 62.6 cm³/mol. The number of ether oxygens (including phenoxy) is 1. The molecule has 0 radical (unpaired) electrons. The lowest BCUT2D eigenvalue weighted by Crippen LogP contribution is -2.28. The zero-order valence-electron chi connectivity index (χ0n) is 9.31. The van der Waals surface area contributed by atoms with E-state index >= 15 is 0 Å². The first-order valence-corrected chi connectivity index (χ1v) is 5.50. The molecule has 17 heavy (non-hydrogen) atoms. The lowest BCUT2D eigenvalue weighted by atomic mass is 10.1. The number of benzene rings is 1. The number of anilines is 1. The summed E-state index contributed by atoms with van der Waals surface area (Å²) in [4.78, 5) is 23.0. The Balaban J connectivity index is 2.12. The van der Waals surface area contributed by atoms with Crippen LogP contribution < -0.4 is 11.1 Å². The van der Waals surface area contributed by atoms with Crippen molar-refractivity contribution in [2.75, 3.05) is 11.9 Å².